The Hall–Kier alpha value is -3.21. The van der Waals surface area contributed by atoms with Crippen LogP contribution in [-0.2, 0) is 17.7 Å². The van der Waals surface area contributed by atoms with Crippen molar-refractivity contribution in [1.29, 1.82) is 0 Å². The molecule has 3 aromatic rings. The highest BCUT2D eigenvalue weighted by molar-refractivity contribution is 5.95. The van der Waals surface area contributed by atoms with Gasteiger partial charge in [-0.25, -0.2) is 0 Å². The third-order valence-electron chi connectivity index (χ3n) is 5.42. The molecule has 0 saturated heterocycles. The van der Waals surface area contributed by atoms with E-state index in [1.54, 1.807) is 13.2 Å². The number of benzene rings is 3. The summed E-state index contributed by atoms with van der Waals surface area (Å²) in [5, 5.41) is 3.11. The molecule has 0 heterocycles. The number of carbonyl (C=O) groups is 1. The van der Waals surface area contributed by atoms with Gasteiger partial charge in [0.1, 0.15) is 0 Å². The molecule has 0 spiro atoms. The van der Waals surface area contributed by atoms with Crippen molar-refractivity contribution in [1.82, 2.24) is 5.32 Å². The fourth-order valence-electron chi connectivity index (χ4n) is 3.74. The number of ether oxygens (including phenoxy) is 1. The molecule has 2 unspecified atom stereocenters. The molecule has 33 heavy (non-hydrogen) atoms. The highest BCUT2D eigenvalue weighted by atomic mass is 16.5. The third-order valence-corrected chi connectivity index (χ3v) is 5.42. The Morgan fingerprint density at radius 2 is 1.61 bits per heavy atom. The standard InChI is InChI=1S/C27H30N2O2.C2H6/c1-3-26(25(19-31-2)17-20-8-7-9-21(16-20)18-28)29-27(30)24-14-12-23(13-15-24)22-10-5-4-6-11-22;1-2/h3-16,25-26H,1,17-19,28H2,2H3,(H,29,30);1-2H3. The Kier molecular flexibility index (Phi) is 11.1. The van der Waals surface area contributed by atoms with Crippen molar-refractivity contribution in [3.8, 4) is 11.1 Å². The van der Waals surface area contributed by atoms with Crippen molar-refractivity contribution in [3.05, 3.63) is 108 Å². The van der Waals surface area contributed by atoms with Crippen molar-refractivity contribution < 1.29 is 9.53 Å². The van der Waals surface area contributed by atoms with Crippen LogP contribution >= 0.6 is 0 Å². The van der Waals surface area contributed by atoms with Crippen LogP contribution in [0.25, 0.3) is 11.1 Å². The summed E-state index contributed by atoms with van der Waals surface area (Å²) in [5.41, 5.74) is 10.8. The van der Waals surface area contributed by atoms with Gasteiger partial charge in [-0.15, -0.1) is 6.58 Å². The molecule has 0 radical (unpaired) electrons. The van der Waals surface area contributed by atoms with Crippen LogP contribution in [-0.4, -0.2) is 25.7 Å². The quantitative estimate of drug-likeness (QED) is 0.399. The van der Waals surface area contributed by atoms with Crippen LogP contribution in [0.4, 0.5) is 0 Å². The molecule has 0 aliphatic heterocycles. The number of hydrogen-bond acceptors (Lipinski definition) is 3. The third kappa shape index (κ3) is 7.70. The van der Waals surface area contributed by atoms with E-state index in [0.29, 0.717) is 18.7 Å². The second kappa shape index (κ2) is 14.0. The molecule has 2 atom stereocenters. The first-order chi connectivity index (χ1) is 16.1. The van der Waals surface area contributed by atoms with Gasteiger partial charge in [0, 0.05) is 25.1 Å². The minimum Gasteiger partial charge on any atom is -0.384 e. The van der Waals surface area contributed by atoms with Gasteiger partial charge < -0.3 is 15.8 Å². The van der Waals surface area contributed by atoms with Crippen LogP contribution < -0.4 is 11.1 Å². The van der Waals surface area contributed by atoms with E-state index in [1.807, 2.05) is 68.4 Å². The topological polar surface area (TPSA) is 64.3 Å². The van der Waals surface area contributed by atoms with Crippen LogP contribution in [0, 0.1) is 5.92 Å². The van der Waals surface area contributed by atoms with E-state index in [1.165, 1.54) is 5.56 Å². The minimum absolute atomic E-state index is 0.0584. The molecule has 3 N–H and O–H groups in total. The van der Waals surface area contributed by atoms with Crippen molar-refractivity contribution in [2.45, 2.75) is 32.9 Å². The predicted molar refractivity (Wildman–Crippen MR) is 138 cm³/mol. The summed E-state index contributed by atoms with van der Waals surface area (Å²) in [6.07, 6.45) is 2.54. The van der Waals surface area contributed by atoms with Gasteiger partial charge in [0.05, 0.1) is 12.6 Å². The first-order valence-corrected chi connectivity index (χ1v) is 11.5. The van der Waals surface area contributed by atoms with Gasteiger partial charge >= 0.3 is 0 Å². The number of hydrogen-bond donors (Lipinski definition) is 2. The zero-order valence-corrected chi connectivity index (χ0v) is 20.0. The molecule has 0 saturated carbocycles. The first-order valence-electron chi connectivity index (χ1n) is 11.5. The summed E-state index contributed by atoms with van der Waals surface area (Å²) in [5.74, 6) is -0.0654. The lowest BCUT2D eigenvalue weighted by molar-refractivity contribution is 0.0902. The van der Waals surface area contributed by atoms with E-state index in [0.717, 1.165) is 23.1 Å². The molecule has 174 valence electrons. The fourth-order valence-corrected chi connectivity index (χ4v) is 3.74. The van der Waals surface area contributed by atoms with E-state index in [4.69, 9.17) is 10.5 Å². The van der Waals surface area contributed by atoms with Crippen LogP contribution in [0.1, 0.15) is 35.3 Å². The SMILES string of the molecule is C=CC(NC(=O)c1ccc(-c2ccccc2)cc1)C(COC)Cc1cccc(CN)c1.CC. The van der Waals surface area contributed by atoms with Crippen molar-refractivity contribution >= 4 is 5.91 Å². The second-order valence-corrected chi connectivity index (χ2v) is 7.62. The largest absolute Gasteiger partial charge is 0.384 e. The van der Waals surface area contributed by atoms with E-state index in [-0.39, 0.29) is 17.9 Å². The Morgan fingerprint density at radius 3 is 2.21 bits per heavy atom. The Bertz CT molecular complexity index is 984. The molecule has 0 aliphatic rings. The lowest BCUT2D eigenvalue weighted by Crippen LogP contribution is -2.41. The lowest BCUT2D eigenvalue weighted by atomic mass is 9.91. The van der Waals surface area contributed by atoms with Gasteiger partial charge in [0.15, 0.2) is 0 Å². The molecule has 3 rings (SSSR count). The van der Waals surface area contributed by atoms with E-state index in [2.05, 4.69) is 36.2 Å². The fraction of sp³-hybridized carbons (Fsp3) is 0.276. The maximum atomic E-state index is 12.9. The van der Waals surface area contributed by atoms with Crippen LogP contribution in [0.5, 0.6) is 0 Å². The number of carbonyl (C=O) groups excluding carboxylic acids is 1. The summed E-state index contributed by atoms with van der Waals surface area (Å²) in [6, 6.07) is 25.7. The maximum absolute atomic E-state index is 12.9. The predicted octanol–water partition coefficient (Wildman–Crippen LogP) is 5.63. The minimum atomic E-state index is -0.220. The molecule has 0 aliphatic carbocycles. The zero-order valence-electron chi connectivity index (χ0n) is 20.0. The van der Waals surface area contributed by atoms with Crippen molar-refractivity contribution in [2.24, 2.45) is 11.7 Å². The molecule has 0 bridgehead atoms. The van der Waals surface area contributed by atoms with Gasteiger partial charge in [0.25, 0.3) is 5.91 Å². The molecular weight excluding hydrogens is 408 g/mol. The van der Waals surface area contributed by atoms with E-state index in [9.17, 15) is 4.79 Å². The molecule has 3 aromatic carbocycles. The van der Waals surface area contributed by atoms with Gasteiger partial charge in [-0.05, 0) is 40.8 Å². The Morgan fingerprint density at radius 1 is 0.970 bits per heavy atom. The van der Waals surface area contributed by atoms with Gasteiger partial charge in [-0.3, -0.25) is 4.79 Å². The van der Waals surface area contributed by atoms with Crippen molar-refractivity contribution in [2.75, 3.05) is 13.7 Å². The van der Waals surface area contributed by atoms with Crippen LogP contribution in [0.3, 0.4) is 0 Å². The summed E-state index contributed by atoms with van der Waals surface area (Å²) in [7, 11) is 1.67. The number of methoxy groups -OCH3 is 1. The summed E-state index contributed by atoms with van der Waals surface area (Å²) < 4.78 is 5.44. The van der Waals surface area contributed by atoms with E-state index < -0.39 is 0 Å². The number of rotatable bonds is 10. The van der Waals surface area contributed by atoms with Crippen LogP contribution in [0.15, 0.2) is 91.5 Å². The Labute approximate surface area is 198 Å². The molecule has 4 nitrogen and oxygen atoms in total. The first kappa shape index (κ1) is 26.0. The summed E-state index contributed by atoms with van der Waals surface area (Å²) in [4.78, 5) is 12.9. The van der Waals surface area contributed by atoms with Crippen molar-refractivity contribution in [3.63, 3.8) is 0 Å². The average molecular weight is 445 g/mol. The Balaban J connectivity index is 0.00000187. The van der Waals surface area contributed by atoms with Gasteiger partial charge in [0.2, 0.25) is 0 Å². The monoisotopic (exact) mass is 444 g/mol. The summed E-state index contributed by atoms with van der Waals surface area (Å²) in [6.45, 7) is 8.96. The lowest BCUT2D eigenvalue weighted by Gasteiger charge is -2.25. The zero-order chi connectivity index (χ0) is 24.1. The smallest absolute Gasteiger partial charge is 0.251 e. The average Bonchev–Trinajstić information content (AvgIpc) is 2.89. The van der Waals surface area contributed by atoms with E-state index >= 15 is 0 Å². The number of amides is 1. The van der Waals surface area contributed by atoms with Crippen LogP contribution in [0.2, 0.25) is 0 Å². The normalized spacial score (nSPS) is 12.1. The molecule has 0 fully saturated rings. The van der Waals surface area contributed by atoms with Gasteiger partial charge in [-0.2, -0.15) is 0 Å². The number of nitrogens with one attached hydrogen (secondary N) is 1. The molecule has 1 amide bonds. The summed E-state index contributed by atoms with van der Waals surface area (Å²) >= 11 is 0. The highest BCUT2D eigenvalue weighted by Crippen LogP contribution is 2.20. The second-order valence-electron chi connectivity index (χ2n) is 7.62. The van der Waals surface area contributed by atoms with Gasteiger partial charge in [-0.1, -0.05) is 86.7 Å². The molecule has 4 heteroatoms. The molecular formula is C29H36N2O2. The maximum Gasteiger partial charge on any atom is 0.251 e. The molecule has 0 aromatic heterocycles. The number of nitrogens with two attached hydrogens (primary N) is 1. The highest BCUT2D eigenvalue weighted by Gasteiger charge is 2.22.